The summed E-state index contributed by atoms with van der Waals surface area (Å²) in [5, 5.41) is 19.6. The number of hydrazine groups is 1. The molecule has 3 aromatic heterocycles. The van der Waals surface area contributed by atoms with E-state index in [9.17, 15) is 29.1 Å². The van der Waals surface area contributed by atoms with Crippen molar-refractivity contribution in [1.82, 2.24) is 45.0 Å². The van der Waals surface area contributed by atoms with E-state index < -0.39 is 53.0 Å². The lowest BCUT2D eigenvalue weighted by molar-refractivity contribution is -0.189. The highest BCUT2D eigenvalue weighted by atomic mass is 32.1. The molecule has 6 atom stereocenters. The molecular weight excluding hydrogens is 915 g/mol. The molecule has 0 spiro atoms. The molecule has 19 heteroatoms. The second-order valence-electron chi connectivity index (χ2n) is 20.0. The van der Waals surface area contributed by atoms with Gasteiger partial charge >= 0.3 is 12.0 Å². The van der Waals surface area contributed by atoms with Crippen LogP contribution in [0.4, 0.5) is 4.79 Å². The van der Waals surface area contributed by atoms with E-state index in [1.807, 2.05) is 52.1 Å². The van der Waals surface area contributed by atoms with Crippen LogP contribution in [-0.2, 0) is 52.8 Å². The number of morpholine rings is 1. The van der Waals surface area contributed by atoms with Gasteiger partial charge in [0, 0.05) is 98.7 Å². The molecule has 4 aromatic rings. The summed E-state index contributed by atoms with van der Waals surface area (Å²) in [6, 6.07) is 7.23. The molecule has 376 valence electrons. The number of aliphatic hydroxyl groups is 1. The van der Waals surface area contributed by atoms with Crippen LogP contribution in [0.1, 0.15) is 83.2 Å². The number of nitrogens with one attached hydrogen (secondary N) is 2. The summed E-state index contributed by atoms with van der Waals surface area (Å²) >= 11 is 1.35. The highest BCUT2D eigenvalue weighted by Crippen LogP contribution is 2.42. The normalized spacial score (nSPS) is 23.8. The monoisotopic (exact) mass is 981 g/mol. The second kappa shape index (κ2) is 20.5. The van der Waals surface area contributed by atoms with Crippen molar-refractivity contribution in [2.45, 2.75) is 116 Å². The van der Waals surface area contributed by atoms with Crippen LogP contribution in [0.2, 0.25) is 0 Å². The van der Waals surface area contributed by atoms with E-state index >= 15 is 0 Å². The number of aryl methyl sites for hydroxylation is 1. The van der Waals surface area contributed by atoms with Crippen molar-refractivity contribution < 1.29 is 43.3 Å². The van der Waals surface area contributed by atoms with Crippen LogP contribution < -0.4 is 10.7 Å². The third-order valence-electron chi connectivity index (χ3n) is 14.2. The molecule has 0 unspecified atom stereocenters. The number of thiazole rings is 1. The number of likely N-dealkylation sites (N-methyl/N-ethyl adjacent to an activating group) is 1. The Balaban J connectivity index is 1.15. The number of nitrogens with zero attached hydrogens (tertiary/aromatic N) is 7. The summed E-state index contributed by atoms with van der Waals surface area (Å²) in [4.78, 5) is 85.1. The van der Waals surface area contributed by atoms with Crippen LogP contribution in [-0.4, -0.2) is 153 Å². The Bertz CT molecular complexity index is 2650. The molecule has 3 fully saturated rings. The van der Waals surface area contributed by atoms with Crippen LogP contribution in [0, 0.1) is 11.3 Å². The summed E-state index contributed by atoms with van der Waals surface area (Å²) in [6.07, 6.45) is 3.72. The Kier molecular flexibility index (Phi) is 14.9. The zero-order valence-corrected chi connectivity index (χ0v) is 42.3. The van der Waals surface area contributed by atoms with Crippen molar-refractivity contribution in [1.29, 1.82) is 0 Å². The maximum atomic E-state index is 14.8. The standard InChI is InChI=1S/C51H67N9O9S/c1-10-42(61)59-22-23-68-40-17-21-57(27-39(40)59)49(65)56(8)44(30(3)4)46(62)54-36-25-41-53-37(28-70-41)32-15-16-38-34(24-32)35(45(58(38)11-2)33-14-12-19-52-43(33)31(5)67-9)26-50(6,7)29-69-48(64)51(66)18-13-20-60(55-51)47(36)63/h10,12,14-16,19,24,28,30-31,36,39-40,44,55,66H,1,11,13,17-18,20-23,25-27,29H2,2-9H3,(H,54,62)/t31-,36-,39-,40-,44-,51-/m0/s1. The molecule has 4 aliphatic heterocycles. The number of hydrogen-bond donors (Lipinski definition) is 3. The number of esters is 1. The van der Waals surface area contributed by atoms with Gasteiger partial charge in [-0.15, -0.1) is 11.3 Å². The Hall–Kier alpha value is -5.73. The van der Waals surface area contributed by atoms with Gasteiger partial charge in [0.15, 0.2) is 0 Å². The first-order valence-electron chi connectivity index (χ1n) is 24.3. The molecule has 8 rings (SSSR count). The van der Waals surface area contributed by atoms with E-state index in [1.165, 1.54) is 27.3 Å². The van der Waals surface area contributed by atoms with Crippen LogP contribution in [0.15, 0.2) is 54.6 Å². The average Bonchev–Trinajstić information content (AvgIpc) is 3.95. The smallest absolute Gasteiger partial charge is 0.355 e. The van der Waals surface area contributed by atoms with Crippen LogP contribution in [0.5, 0.6) is 0 Å². The van der Waals surface area contributed by atoms with Gasteiger partial charge in [-0.25, -0.2) is 14.6 Å². The molecule has 5 amide bonds. The number of pyridine rings is 1. The van der Waals surface area contributed by atoms with Gasteiger partial charge in [-0.3, -0.25) is 24.4 Å². The van der Waals surface area contributed by atoms with Gasteiger partial charge < -0.3 is 43.9 Å². The quantitative estimate of drug-likeness (QED) is 0.149. The van der Waals surface area contributed by atoms with E-state index in [-0.39, 0.29) is 63.1 Å². The van der Waals surface area contributed by atoms with Gasteiger partial charge in [-0.05, 0) is 74.9 Å². The first-order valence-corrected chi connectivity index (χ1v) is 25.2. The van der Waals surface area contributed by atoms with Crippen LogP contribution >= 0.6 is 11.3 Å². The number of fused-ring (bicyclic) bond motifs is 7. The molecule has 6 bridgehead atoms. The topological polar surface area (TPSA) is 201 Å². The number of piperidine rings is 1. The van der Waals surface area contributed by atoms with E-state index in [4.69, 9.17) is 24.2 Å². The SMILES string of the molecule is C=CC(=O)N1CCO[C@H]2CCN(C(=O)N(C)[C@H](C(=O)N[C@H]3Cc4nc(cs4)-c4ccc5c(c4)c(c(-c4cccnc4[C@H](C)OC)n5CC)CC(C)(C)COC(=O)[C@@]4(O)CCCN(N4)C3=O)C(C)C)C[C@@H]21. The predicted octanol–water partition coefficient (Wildman–Crippen LogP) is 5.09. The van der Waals surface area contributed by atoms with Crippen molar-refractivity contribution in [2.75, 3.05) is 53.6 Å². The maximum absolute atomic E-state index is 14.8. The Morgan fingerprint density at radius 1 is 1.16 bits per heavy atom. The number of aromatic nitrogens is 3. The highest BCUT2D eigenvalue weighted by molar-refractivity contribution is 7.10. The predicted molar refractivity (Wildman–Crippen MR) is 264 cm³/mol. The van der Waals surface area contributed by atoms with E-state index in [0.717, 1.165) is 39.0 Å². The van der Waals surface area contributed by atoms with Gasteiger partial charge in [-0.2, -0.15) is 5.43 Å². The summed E-state index contributed by atoms with van der Waals surface area (Å²) in [7, 11) is 3.23. The minimum atomic E-state index is -2.24. The highest BCUT2D eigenvalue weighted by Gasteiger charge is 2.46. The lowest BCUT2D eigenvalue weighted by atomic mass is 9.84. The summed E-state index contributed by atoms with van der Waals surface area (Å²) in [5.74, 6) is -2.71. The maximum Gasteiger partial charge on any atom is 0.355 e. The molecule has 7 heterocycles. The molecule has 1 aromatic carbocycles. The average molecular weight is 982 g/mol. The molecule has 0 aliphatic carbocycles. The number of urea groups is 1. The van der Waals surface area contributed by atoms with E-state index in [0.29, 0.717) is 49.8 Å². The number of benzene rings is 1. The Labute approximate surface area is 413 Å². The van der Waals surface area contributed by atoms with Crippen molar-refractivity contribution in [3.8, 4) is 22.5 Å². The van der Waals surface area contributed by atoms with E-state index in [1.54, 1.807) is 30.2 Å². The fraction of sp³-hybridized carbons (Fsp3) is 0.549. The number of carbonyl (C=O) groups excluding carboxylic acids is 5. The van der Waals surface area contributed by atoms with Crippen molar-refractivity contribution in [2.24, 2.45) is 11.3 Å². The lowest BCUT2D eigenvalue weighted by Gasteiger charge is -2.47. The first-order chi connectivity index (χ1) is 33.4. The van der Waals surface area contributed by atoms with Gasteiger partial charge in [0.05, 0.1) is 53.6 Å². The van der Waals surface area contributed by atoms with Crippen LogP contribution in [0.25, 0.3) is 33.4 Å². The number of ether oxygens (including phenoxy) is 3. The largest absolute Gasteiger partial charge is 0.462 e. The van der Waals surface area contributed by atoms with Gasteiger partial charge in [-0.1, -0.05) is 40.3 Å². The Morgan fingerprint density at radius 3 is 2.67 bits per heavy atom. The molecule has 3 saturated heterocycles. The van der Waals surface area contributed by atoms with Gasteiger partial charge in [0.2, 0.25) is 17.5 Å². The second-order valence-corrected chi connectivity index (χ2v) is 21.0. The van der Waals surface area contributed by atoms with Crippen LogP contribution in [0.3, 0.4) is 0 Å². The number of cyclic esters (lactones) is 1. The summed E-state index contributed by atoms with van der Waals surface area (Å²) in [6.45, 7) is 17.5. The molecule has 0 saturated carbocycles. The summed E-state index contributed by atoms with van der Waals surface area (Å²) in [5.41, 5.74) is 6.18. The number of carbonyl (C=O) groups is 5. The van der Waals surface area contributed by atoms with E-state index in [2.05, 4.69) is 47.0 Å². The Morgan fingerprint density at radius 2 is 1.94 bits per heavy atom. The minimum absolute atomic E-state index is 0.0205. The van der Waals surface area contributed by atoms with Crippen molar-refractivity contribution in [3.05, 3.63) is 70.8 Å². The summed E-state index contributed by atoms with van der Waals surface area (Å²) < 4.78 is 20.0. The number of methoxy groups -OCH3 is 1. The molecule has 4 aliphatic rings. The van der Waals surface area contributed by atoms with Gasteiger partial charge in [0.25, 0.3) is 5.91 Å². The molecule has 70 heavy (non-hydrogen) atoms. The molecule has 18 nitrogen and oxygen atoms in total. The third kappa shape index (κ3) is 9.95. The fourth-order valence-corrected chi connectivity index (χ4v) is 11.4. The number of amides is 5. The molecule has 3 N–H and O–H groups in total. The molecule has 0 radical (unpaired) electrons. The van der Waals surface area contributed by atoms with Crippen molar-refractivity contribution >= 4 is 52.0 Å². The molecular formula is C51H67N9O9S. The van der Waals surface area contributed by atoms with Gasteiger partial charge in [0.1, 0.15) is 12.1 Å². The zero-order chi connectivity index (χ0) is 50.2. The van der Waals surface area contributed by atoms with Crippen molar-refractivity contribution in [3.63, 3.8) is 0 Å². The zero-order valence-electron chi connectivity index (χ0n) is 41.5. The fourth-order valence-electron chi connectivity index (χ4n) is 10.6. The number of rotatable bonds is 9. The number of hydrogen-bond acceptors (Lipinski definition) is 13. The number of likely N-dealkylation sites (tertiary alicyclic amines) is 1. The minimum Gasteiger partial charge on any atom is -0.462 e. The first kappa shape index (κ1) is 50.7. The lowest BCUT2D eigenvalue weighted by Crippen LogP contribution is -2.67. The third-order valence-corrected chi connectivity index (χ3v) is 15.1.